The van der Waals surface area contributed by atoms with Crippen LogP contribution in [0.3, 0.4) is 0 Å². The highest BCUT2D eigenvalue weighted by Gasteiger charge is 2.45. The highest BCUT2D eigenvalue weighted by Crippen LogP contribution is 2.33. The Morgan fingerprint density at radius 2 is 1.20 bits per heavy atom. The van der Waals surface area contributed by atoms with E-state index in [-0.39, 0.29) is 11.6 Å². The molecule has 6 rings (SSSR count). The number of hydrogen-bond donors (Lipinski definition) is 8. The molecule has 6 heterocycles. The third-order valence-electron chi connectivity index (χ3n) is 6.56. The number of aryl methyl sites for hydroxylation is 1. The summed E-state index contributed by atoms with van der Waals surface area (Å²) in [7, 11) is 0. The van der Waals surface area contributed by atoms with E-state index in [0.717, 1.165) is 0 Å². The Balaban J connectivity index is 0.000000161. The summed E-state index contributed by atoms with van der Waals surface area (Å²) in [5.74, 6) is 0.923. The number of nitrogen functional groups attached to an aromatic ring is 2. The lowest BCUT2D eigenvalue weighted by Crippen LogP contribution is -2.33. The Labute approximate surface area is 238 Å². The van der Waals surface area contributed by atoms with Crippen molar-refractivity contribution >= 4 is 56.6 Å². The van der Waals surface area contributed by atoms with E-state index in [1.165, 1.54) is 21.8 Å². The van der Waals surface area contributed by atoms with Crippen molar-refractivity contribution in [2.24, 2.45) is 0 Å². The number of hydrogen-bond acceptors (Lipinski definition) is 16. The van der Waals surface area contributed by atoms with Gasteiger partial charge >= 0.3 is 0 Å². The van der Waals surface area contributed by atoms with Crippen molar-refractivity contribution in [2.45, 2.75) is 56.0 Å². The zero-order chi connectivity index (χ0) is 28.9. The fourth-order valence-electron chi connectivity index (χ4n) is 4.55. The largest absolute Gasteiger partial charge is 0.394 e. The molecule has 0 aromatic carbocycles. The highest BCUT2D eigenvalue weighted by molar-refractivity contribution is 14.1. The van der Waals surface area contributed by atoms with Gasteiger partial charge in [-0.05, 0) is 6.92 Å². The van der Waals surface area contributed by atoms with Crippen molar-refractivity contribution in [1.82, 2.24) is 39.0 Å². The number of rotatable bonds is 4. The number of nitrogens with zero attached hydrogens (tertiary/aromatic N) is 8. The number of fused-ring (bicyclic) bond motifs is 2. The van der Waals surface area contributed by atoms with Gasteiger partial charge in [0.2, 0.25) is 0 Å². The zero-order valence-electron chi connectivity index (χ0n) is 20.8. The summed E-state index contributed by atoms with van der Waals surface area (Å²) in [6.07, 6.45) is -5.42. The van der Waals surface area contributed by atoms with Crippen LogP contribution in [0.15, 0.2) is 12.7 Å². The monoisotopic (exact) mass is 674 g/mol. The molecule has 0 saturated carbocycles. The number of aliphatic hydroxyl groups excluding tert-OH is 6. The zero-order valence-corrected chi connectivity index (χ0v) is 23.0. The normalized spacial score (nSPS) is 30.2. The number of anilines is 2. The molecule has 8 atom stereocenters. The molecule has 0 spiro atoms. The van der Waals surface area contributed by atoms with Crippen molar-refractivity contribution in [3.05, 3.63) is 22.3 Å². The molecule has 2 fully saturated rings. The van der Waals surface area contributed by atoms with Crippen LogP contribution in [0, 0.1) is 10.8 Å². The van der Waals surface area contributed by atoms with Gasteiger partial charge in [0.25, 0.3) is 0 Å². The average Bonchev–Trinajstić information content (AvgIpc) is 3.66. The molecule has 2 aliphatic rings. The maximum absolute atomic E-state index is 10.0. The minimum absolute atomic E-state index is 0.227. The predicted molar refractivity (Wildman–Crippen MR) is 143 cm³/mol. The first-order valence-electron chi connectivity index (χ1n) is 11.9. The van der Waals surface area contributed by atoms with Crippen LogP contribution in [-0.4, -0.2) is 120 Å². The van der Waals surface area contributed by atoms with E-state index in [0.29, 0.717) is 32.0 Å². The molecule has 0 radical (unpaired) electrons. The van der Waals surface area contributed by atoms with Crippen molar-refractivity contribution in [2.75, 3.05) is 24.7 Å². The van der Waals surface area contributed by atoms with Gasteiger partial charge < -0.3 is 51.6 Å². The summed E-state index contributed by atoms with van der Waals surface area (Å²) < 4.78 is 14.3. The van der Waals surface area contributed by atoms with Crippen molar-refractivity contribution in [3.63, 3.8) is 0 Å². The van der Waals surface area contributed by atoms with E-state index in [2.05, 4.69) is 29.9 Å². The van der Waals surface area contributed by atoms with E-state index < -0.39 is 62.3 Å². The Morgan fingerprint density at radius 3 is 1.65 bits per heavy atom. The smallest absolute Gasteiger partial charge is 0.194 e. The van der Waals surface area contributed by atoms with Crippen molar-refractivity contribution in [1.29, 1.82) is 0 Å². The van der Waals surface area contributed by atoms with E-state index in [4.69, 9.17) is 31.2 Å². The summed E-state index contributed by atoms with van der Waals surface area (Å²) in [5.41, 5.74) is 13.1. The second kappa shape index (κ2) is 11.2. The van der Waals surface area contributed by atoms with Crippen molar-refractivity contribution in [3.8, 4) is 0 Å². The molecular formula is C21H27IN10O8. The maximum atomic E-state index is 10.0. The molecule has 0 aliphatic carbocycles. The number of ether oxygens (including phenoxy) is 2. The minimum Gasteiger partial charge on any atom is -0.394 e. The lowest BCUT2D eigenvalue weighted by atomic mass is 10.1. The first-order chi connectivity index (χ1) is 19.0. The number of aliphatic hydroxyl groups is 6. The lowest BCUT2D eigenvalue weighted by molar-refractivity contribution is -0.0511. The van der Waals surface area contributed by atoms with E-state index >= 15 is 0 Å². The topological polar surface area (TPSA) is 279 Å². The summed E-state index contributed by atoms with van der Waals surface area (Å²) in [4.78, 5) is 24.6. The van der Waals surface area contributed by atoms with E-state index in [1.807, 2.05) is 22.6 Å². The average molecular weight is 674 g/mol. The number of nitrogens with two attached hydrogens (primary N) is 2. The molecule has 40 heavy (non-hydrogen) atoms. The Morgan fingerprint density at radius 1 is 0.750 bits per heavy atom. The van der Waals surface area contributed by atoms with Gasteiger partial charge in [0.15, 0.2) is 39.2 Å². The van der Waals surface area contributed by atoms with Crippen LogP contribution < -0.4 is 11.5 Å². The first kappa shape index (κ1) is 28.6. The van der Waals surface area contributed by atoms with Gasteiger partial charge in [-0.1, -0.05) is 0 Å². The molecular weight excluding hydrogens is 647 g/mol. The third kappa shape index (κ3) is 4.92. The van der Waals surface area contributed by atoms with E-state index in [1.54, 1.807) is 6.92 Å². The lowest BCUT2D eigenvalue weighted by Gasteiger charge is -2.16. The fourth-order valence-corrected chi connectivity index (χ4v) is 5.04. The molecule has 18 nitrogen and oxygen atoms in total. The second-order valence-electron chi connectivity index (χ2n) is 9.14. The van der Waals surface area contributed by atoms with Gasteiger partial charge in [0, 0.05) is 22.6 Å². The van der Waals surface area contributed by atoms with Gasteiger partial charge in [-0.25, -0.2) is 29.9 Å². The van der Waals surface area contributed by atoms with Crippen LogP contribution in [0.4, 0.5) is 11.6 Å². The predicted octanol–water partition coefficient (Wildman–Crippen LogP) is -3.05. The third-order valence-corrected chi connectivity index (χ3v) is 7.05. The minimum atomic E-state index is -1.20. The second-order valence-corrected chi connectivity index (χ2v) is 10.1. The summed E-state index contributed by atoms with van der Waals surface area (Å²) >= 11 is 1.92. The number of aromatic nitrogens is 8. The van der Waals surface area contributed by atoms with Crippen LogP contribution in [0.2, 0.25) is 0 Å². The fraction of sp³-hybridized carbons (Fsp3) is 0.524. The Hall–Kier alpha value is -2.89. The van der Waals surface area contributed by atoms with Crippen LogP contribution in [0.1, 0.15) is 18.3 Å². The van der Waals surface area contributed by atoms with Gasteiger partial charge in [0.05, 0.1) is 25.9 Å². The molecule has 10 N–H and O–H groups in total. The summed E-state index contributed by atoms with van der Waals surface area (Å²) in [6.45, 7) is 0.901. The Kier molecular flexibility index (Phi) is 8.00. The standard InChI is InChI=1S/C11H15N5O4.C10H12IN5O4/c1-4-14-9(12)6-10(15-4)16(3-13-6)11-8(19)7(18)5(2-17)20-11;11-10-14-7(12)4-8(15-10)16(2-13-4)9-6(19)5(18)3(1-17)20-9/h3,5,7-8,11,17-19H,2H2,1H3,(H2,12,14,15);2-3,5-6,9,17-19H,1H2,(H2,12,14,15)/t5-,7-,8-,11-;3-,5-,6-,9-/m11/s1. The van der Waals surface area contributed by atoms with E-state index in [9.17, 15) is 20.4 Å². The SMILES string of the molecule is Cc1nc(N)c2ncn([C@@H]3O[C@H](CO)[C@@H](O)[C@H]3O)c2n1.Nc1nc(I)nc2c1ncn2[C@@H]1O[C@H](CO)[C@@H](O)[C@H]1O. The van der Waals surface area contributed by atoms with Crippen LogP contribution in [0.5, 0.6) is 0 Å². The Bertz CT molecular complexity index is 1410. The van der Waals surface area contributed by atoms with Crippen molar-refractivity contribution < 1.29 is 40.1 Å². The van der Waals surface area contributed by atoms with Gasteiger partial charge in [0.1, 0.15) is 53.5 Å². The molecule has 0 amide bonds. The van der Waals surface area contributed by atoms with Crippen LogP contribution in [0.25, 0.3) is 22.3 Å². The number of imidazole rings is 2. The van der Waals surface area contributed by atoms with Gasteiger partial charge in [-0.3, -0.25) is 9.13 Å². The molecule has 216 valence electrons. The molecule has 0 bridgehead atoms. The summed E-state index contributed by atoms with van der Waals surface area (Å²) in [6, 6.07) is 0. The van der Waals surface area contributed by atoms with Gasteiger partial charge in [-0.15, -0.1) is 0 Å². The molecule has 2 saturated heterocycles. The van der Waals surface area contributed by atoms with Gasteiger partial charge in [-0.2, -0.15) is 0 Å². The highest BCUT2D eigenvalue weighted by atomic mass is 127. The molecule has 19 heteroatoms. The van der Waals surface area contributed by atoms with Crippen LogP contribution in [-0.2, 0) is 9.47 Å². The molecule has 0 unspecified atom stereocenters. The first-order valence-corrected chi connectivity index (χ1v) is 13.0. The molecule has 2 aliphatic heterocycles. The van der Waals surface area contributed by atoms with Crippen LogP contribution >= 0.6 is 22.6 Å². The summed E-state index contributed by atoms with van der Waals surface area (Å²) in [5, 5.41) is 57.8. The quantitative estimate of drug-likeness (QED) is 0.0789. The maximum Gasteiger partial charge on any atom is 0.194 e. The molecule has 4 aromatic rings. The molecule has 4 aromatic heterocycles. The number of halogens is 1.